The van der Waals surface area contributed by atoms with Crippen LogP contribution in [0.5, 0.6) is 0 Å². The maximum atomic E-state index is 2.34. The van der Waals surface area contributed by atoms with Crippen molar-refractivity contribution in [2.45, 2.75) is 71.6 Å². The Hall–Kier alpha value is -0.520. The van der Waals surface area contributed by atoms with E-state index in [4.69, 9.17) is 0 Å². The van der Waals surface area contributed by atoms with Gasteiger partial charge in [-0.3, -0.25) is 0 Å². The highest BCUT2D eigenvalue weighted by Gasteiger charge is 1.82. The quantitative estimate of drug-likeness (QED) is 0.321. The Labute approximate surface area is 96.5 Å². The molecule has 0 aromatic rings. The van der Waals surface area contributed by atoms with Gasteiger partial charge in [0.1, 0.15) is 0 Å². The average molecular weight is 208 g/mol. The fraction of sp³-hybridized carbons (Fsp3) is 0.733. The zero-order valence-electron chi connectivity index (χ0n) is 10.7. The number of rotatable bonds is 10. The normalized spacial score (nSPS) is 11.9. The molecule has 0 unspecified atom stereocenters. The van der Waals surface area contributed by atoms with Crippen molar-refractivity contribution in [3.63, 3.8) is 0 Å². The molecule has 0 aliphatic heterocycles. The molecule has 0 atom stereocenters. The van der Waals surface area contributed by atoms with Gasteiger partial charge in [0.15, 0.2) is 0 Å². The van der Waals surface area contributed by atoms with Crippen molar-refractivity contribution < 1.29 is 0 Å². The molecule has 15 heavy (non-hydrogen) atoms. The number of hydrogen-bond donors (Lipinski definition) is 0. The predicted molar refractivity (Wildman–Crippen MR) is 71.2 cm³/mol. The molecule has 0 nitrogen and oxygen atoms in total. The minimum Gasteiger partial charge on any atom is -0.0885 e. The van der Waals surface area contributed by atoms with Crippen LogP contribution < -0.4 is 0 Å². The van der Waals surface area contributed by atoms with Gasteiger partial charge >= 0.3 is 0 Å². The molecule has 0 rings (SSSR count). The summed E-state index contributed by atoms with van der Waals surface area (Å²) in [5.41, 5.74) is 0. The lowest BCUT2D eigenvalue weighted by Crippen LogP contribution is -1.71. The SMILES string of the molecule is CCCC/C=C\CCC=CCCCCC. The summed E-state index contributed by atoms with van der Waals surface area (Å²) in [4.78, 5) is 0. The zero-order valence-corrected chi connectivity index (χ0v) is 10.7. The minimum absolute atomic E-state index is 1.22. The van der Waals surface area contributed by atoms with Crippen molar-refractivity contribution in [3.05, 3.63) is 24.3 Å². The summed E-state index contributed by atoms with van der Waals surface area (Å²) in [6, 6.07) is 0. The van der Waals surface area contributed by atoms with Crippen LogP contribution in [0.25, 0.3) is 0 Å². The van der Waals surface area contributed by atoms with Crippen molar-refractivity contribution in [1.82, 2.24) is 0 Å². The Morgan fingerprint density at radius 3 is 1.53 bits per heavy atom. The molecule has 0 aliphatic carbocycles. The van der Waals surface area contributed by atoms with E-state index in [9.17, 15) is 0 Å². The van der Waals surface area contributed by atoms with Gasteiger partial charge in [-0.25, -0.2) is 0 Å². The van der Waals surface area contributed by atoms with Crippen molar-refractivity contribution >= 4 is 0 Å². The molecular weight excluding hydrogens is 180 g/mol. The number of hydrogen-bond acceptors (Lipinski definition) is 0. The summed E-state index contributed by atoms with van der Waals surface area (Å²) >= 11 is 0. The maximum absolute atomic E-state index is 2.34. The van der Waals surface area contributed by atoms with E-state index in [1.54, 1.807) is 0 Å². The molecule has 0 N–H and O–H groups in total. The highest BCUT2D eigenvalue weighted by atomic mass is 13.9. The molecule has 0 saturated heterocycles. The van der Waals surface area contributed by atoms with Crippen LogP contribution >= 0.6 is 0 Å². The molecule has 0 aromatic carbocycles. The van der Waals surface area contributed by atoms with E-state index in [0.29, 0.717) is 0 Å². The molecule has 0 fully saturated rings. The van der Waals surface area contributed by atoms with Gasteiger partial charge in [-0.15, -0.1) is 0 Å². The van der Waals surface area contributed by atoms with E-state index in [2.05, 4.69) is 38.2 Å². The molecule has 88 valence electrons. The average Bonchev–Trinajstić information content (AvgIpc) is 2.26. The second-order valence-corrected chi connectivity index (χ2v) is 4.16. The lowest BCUT2D eigenvalue weighted by Gasteiger charge is -1.92. The summed E-state index contributed by atoms with van der Waals surface area (Å²) in [6.07, 6.45) is 21.0. The first-order chi connectivity index (χ1) is 7.41. The van der Waals surface area contributed by atoms with Gasteiger partial charge in [0, 0.05) is 0 Å². The largest absolute Gasteiger partial charge is 0.0885 e. The minimum atomic E-state index is 1.22. The predicted octanol–water partition coefficient (Wildman–Crippen LogP) is 5.65. The lowest BCUT2D eigenvalue weighted by molar-refractivity contribution is 0.728. The molecule has 0 saturated carbocycles. The van der Waals surface area contributed by atoms with Crippen LogP contribution in [0.2, 0.25) is 0 Å². The van der Waals surface area contributed by atoms with Gasteiger partial charge in [0.2, 0.25) is 0 Å². The van der Waals surface area contributed by atoms with Crippen molar-refractivity contribution in [2.24, 2.45) is 0 Å². The van der Waals surface area contributed by atoms with E-state index in [0.717, 1.165) is 0 Å². The molecule has 0 heteroatoms. The van der Waals surface area contributed by atoms with E-state index in [1.165, 1.54) is 57.8 Å². The van der Waals surface area contributed by atoms with Crippen molar-refractivity contribution in [1.29, 1.82) is 0 Å². The van der Waals surface area contributed by atoms with Gasteiger partial charge in [0.05, 0.1) is 0 Å². The van der Waals surface area contributed by atoms with Crippen LogP contribution in [0.3, 0.4) is 0 Å². The lowest BCUT2D eigenvalue weighted by atomic mass is 10.1. The summed E-state index contributed by atoms with van der Waals surface area (Å²) in [7, 11) is 0. The second kappa shape index (κ2) is 13.5. The van der Waals surface area contributed by atoms with Gasteiger partial charge in [-0.05, 0) is 32.1 Å². The molecule has 0 aromatic heterocycles. The summed E-state index contributed by atoms with van der Waals surface area (Å²) in [5, 5.41) is 0. The topological polar surface area (TPSA) is 0 Å². The number of allylic oxidation sites excluding steroid dienone is 4. The molecule has 0 amide bonds. The highest BCUT2D eigenvalue weighted by molar-refractivity contribution is 4.87. The van der Waals surface area contributed by atoms with Crippen LogP contribution in [-0.2, 0) is 0 Å². The Morgan fingerprint density at radius 1 is 0.533 bits per heavy atom. The van der Waals surface area contributed by atoms with Crippen LogP contribution in [0, 0.1) is 0 Å². The first kappa shape index (κ1) is 14.5. The first-order valence-corrected chi connectivity index (χ1v) is 6.71. The van der Waals surface area contributed by atoms with Crippen molar-refractivity contribution in [3.8, 4) is 0 Å². The Kier molecular flexibility index (Phi) is 13.0. The summed E-state index contributed by atoms with van der Waals surface area (Å²) in [5.74, 6) is 0. The second-order valence-electron chi connectivity index (χ2n) is 4.16. The van der Waals surface area contributed by atoms with E-state index >= 15 is 0 Å². The zero-order chi connectivity index (χ0) is 11.2. The fourth-order valence-electron chi connectivity index (χ4n) is 1.50. The summed E-state index contributed by atoms with van der Waals surface area (Å²) < 4.78 is 0. The van der Waals surface area contributed by atoms with E-state index in [1.807, 2.05) is 0 Å². The number of unbranched alkanes of at least 4 members (excludes halogenated alkanes) is 6. The molecule has 0 aliphatic rings. The molecule has 0 heterocycles. The van der Waals surface area contributed by atoms with Gasteiger partial charge in [-0.2, -0.15) is 0 Å². The Bertz CT molecular complexity index is 153. The van der Waals surface area contributed by atoms with Crippen LogP contribution in [-0.4, -0.2) is 0 Å². The van der Waals surface area contributed by atoms with Crippen LogP contribution in [0.4, 0.5) is 0 Å². The third kappa shape index (κ3) is 13.5. The third-order valence-corrected chi connectivity index (χ3v) is 2.53. The first-order valence-electron chi connectivity index (χ1n) is 6.71. The standard InChI is InChI=1S/C15H28/c1-3-5-7-9-11-13-15-14-12-10-8-6-4-2/h9,11-12,14H,3-8,10,13,15H2,1-2H3/b11-9-,14-12?. The van der Waals surface area contributed by atoms with E-state index < -0.39 is 0 Å². The monoisotopic (exact) mass is 208 g/mol. The summed E-state index contributed by atoms with van der Waals surface area (Å²) in [6.45, 7) is 4.50. The van der Waals surface area contributed by atoms with Gasteiger partial charge in [0.25, 0.3) is 0 Å². The fourth-order valence-corrected chi connectivity index (χ4v) is 1.50. The van der Waals surface area contributed by atoms with Crippen LogP contribution in [0.15, 0.2) is 24.3 Å². The molecule has 0 spiro atoms. The maximum Gasteiger partial charge on any atom is -0.0316 e. The molecule has 0 radical (unpaired) electrons. The third-order valence-electron chi connectivity index (χ3n) is 2.53. The highest BCUT2D eigenvalue weighted by Crippen LogP contribution is 2.02. The van der Waals surface area contributed by atoms with Crippen molar-refractivity contribution in [2.75, 3.05) is 0 Å². The molecule has 0 bridgehead atoms. The van der Waals surface area contributed by atoms with Gasteiger partial charge < -0.3 is 0 Å². The smallest absolute Gasteiger partial charge is 0.0316 e. The van der Waals surface area contributed by atoms with E-state index in [-0.39, 0.29) is 0 Å². The molecular formula is C15H28. The van der Waals surface area contributed by atoms with Crippen LogP contribution in [0.1, 0.15) is 71.6 Å². The Morgan fingerprint density at radius 2 is 1.00 bits per heavy atom. The van der Waals surface area contributed by atoms with Gasteiger partial charge in [-0.1, -0.05) is 63.8 Å². The Balaban J connectivity index is 3.12.